The van der Waals surface area contributed by atoms with Crippen LogP contribution < -0.4 is 5.73 Å². The van der Waals surface area contributed by atoms with E-state index in [0.717, 1.165) is 29.7 Å². The summed E-state index contributed by atoms with van der Waals surface area (Å²) in [6.07, 6.45) is 2.88. The second-order valence-electron chi connectivity index (χ2n) is 3.48. The van der Waals surface area contributed by atoms with Gasteiger partial charge >= 0.3 is 0 Å². The molecule has 0 unspecified atom stereocenters. The van der Waals surface area contributed by atoms with Gasteiger partial charge in [-0.15, -0.1) is 0 Å². The number of aromatic nitrogens is 3. The van der Waals surface area contributed by atoms with Gasteiger partial charge in [-0.05, 0) is 25.0 Å². The number of imidazole rings is 1. The van der Waals surface area contributed by atoms with Crippen LogP contribution in [-0.2, 0) is 6.54 Å². The van der Waals surface area contributed by atoms with Crippen molar-refractivity contribution in [1.29, 1.82) is 0 Å². The molecule has 0 aliphatic heterocycles. The fourth-order valence-corrected chi connectivity index (χ4v) is 1.57. The highest BCUT2D eigenvalue weighted by Crippen LogP contribution is 2.16. The summed E-state index contributed by atoms with van der Waals surface area (Å²) in [5, 5.41) is 0. The van der Waals surface area contributed by atoms with E-state index in [-0.39, 0.29) is 0 Å². The summed E-state index contributed by atoms with van der Waals surface area (Å²) in [5.41, 5.74) is 8.68. The normalized spacial score (nSPS) is 11.0. The predicted molar refractivity (Wildman–Crippen MR) is 57.0 cm³/mol. The minimum absolute atomic E-state index is 0.556. The predicted octanol–water partition coefficient (Wildman–Crippen LogP) is 1.73. The van der Waals surface area contributed by atoms with Gasteiger partial charge in [0.05, 0.1) is 0 Å². The van der Waals surface area contributed by atoms with Crippen molar-refractivity contribution in [2.45, 2.75) is 26.8 Å². The summed E-state index contributed by atoms with van der Waals surface area (Å²) in [7, 11) is 0. The Hall–Kier alpha value is -1.58. The summed E-state index contributed by atoms with van der Waals surface area (Å²) in [6.45, 7) is 4.99. The van der Waals surface area contributed by atoms with Gasteiger partial charge in [0.25, 0.3) is 0 Å². The molecule has 14 heavy (non-hydrogen) atoms. The van der Waals surface area contributed by atoms with E-state index >= 15 is 0 Å². The molecule has 0 amide bonds. The number of hydrogen-bond acceptors (Lipinski definition) is 3. The van der Waals surface area contributed by atoms with Crippen molar-refractivity contribution >= 4 is 17.1 Å². The lowest BCUT2D eigenvalue weighted by molar-refractivity contribution is 0.701. The third-order valence-electron chi connectivity index (χ3n) is 2.20. The Balaban J connectivity index is 2.64. The fourth-order valence-electron chi connectivity index (χ4n) is 1.57. The Morgan fingerprint density at radius 2 is 2.29 bits per heavy atom. The Kier molecular flexibility index (Phi) is 2.11. The van der Waals surface area contributed by atoms with Gasteiger partial charge in [-0.2, -0.15) is 0 Å². The van der Waals surface area contributed by atoms with E-state index in [9.17, 15) is 0 Å². The molecule has 2 aromatic rings. The first-order valence-electron chi connectivity index (χ1n) is 4.80. The zero-order valence-electron chi connectivity index (χ0n) is 8.49. The van der Waals surface area contributed by atoms with E-state index in [1.807, 2.05) is 23.8 Å². The van der Waals surface area contributed by atoms with Crippen molar-refractivity contribution in [3.8, 4) is 0 Å². The maximum atomic E-state index is 5.80. The summed E-state index contributed by atoms with van der Waals surface area (Å²) >= 11 is 0. The van der Waals surface area contributed by atoms with Crippen LogP contribution in [0.2, 0.25) is 0 Å². The number of fused-ring (bicyclic) bond motifs is 1. The van der Waals surface area contributed by atoms with Crippen molar-refractivity contribution in [1.82, 2.24) is 14.5 Å². The van der Waals surface area contributed by atoms with Crippen LogP contribution in [0.3, 0.4) is 0 Å². The van der Waals surface area contributed by atoms with E-state index in [4.69, 9.17) is 5.73 Å². The van der Waals surface area contributed by atoms with Gasteiger partial charge in [-0.1, -0.05) is 6.92 Å². The van der Waals surface area contributed by atoms with Crippen LogP contribution in [-0.4, -0.2) is 14.5 Å². The third-order valence-corrected chi connectivity index (χ3v) is 2.20. The maximum absolute atomic E-state index is 5.80. The number of nitrogens with zero attached hydrogens (tertiary/aromatic N) is 3. The highest BCUT2D eigenvalue weighted by atomic mass is 15.2. The molecule has 2 rings (SSSR count). The lowest BCUT2D eigenvalue weighted by atomic mass is 10.3. The lowest BCUT2D eigenvalue weighted by Crippen LogP contribution is -2.03. The molecule has 0 saturated carbocycles. The molecule has 2 heterocycles. The van der Waals surface area contributed by atoms with Gasteiger partial charge in [-0.25, -0.2) is 9.97 Å². The van der Waals surface area contributed by atoms with E-state index in [1.165, 1.54) is 0 Å². The molecule has 0 aliphatic rings. The summed E-state index contributed by atoms with van der Waals surface area (Å²) < 4.78 is 1.95. The molecule has 0 spiro atoms. The van der Waals surface area contributed by atoms with E-state index < -0.39 is 0 Å². The fraction of sp³-hybridized carbons (Fsp3) is 0.400. The first-order chi connectivity index (χ1) is 6.72. The first-order valence-corrected chi connectivity index (χ1v) is 4.80. The molecule has 0 aromatic carbocycles. The second-order valence-corrected chi connectivity index (χ2v) is 3.48. The molecule has 0 saturated heterocycles. The number of anilines is 1. The molecule has 0 atom stereocenters. The molecule has 0 radical (unpaired) electrons. The number of nitrogens with two attached hydrogens (primary N) is 1. The average molecular weight is 190 g/mol. The Bertz CT molecular complexity index is 458. The number of rotatable bonds is 2. The molecule has 2 N–H and O–H groups in total. The van der Waals surface area contributed by atoms with Gasteiger partial charge in [0.2, 0.25) is 5.95 Å². The van der Waals surface area contributed by atoms with Crippen molar-refractivity contribution in [2.24, 2.45) is 0 Å². The first kappa shape index (κ1) is 8.99. The van der Waals surface area contributed by atoms with E-state index in [2.05, 4.69) is 16.9 Å². The van der Waals surface area contributed by atoms with E-state index in [0.29, 0.717) is 5.95 Å². The largest absolute Gasteiger partial charge is 0.369 e. The number of hydrogen-bond donors (Lipinski definition) is 1. The third kappa shape index (κ3) is 1.32. The van der Waals surface area contributed by atoms with Gasteiger partial charge in [-0.3, -0.25) is 4.57 Å². The molecule has 4 nitrogen and oxygen atoms in total. The molecule has 4 heteroatoms. The van der Waals surface area contributed by atoms with Gasteiger partial charge in [0.15, 0.2) is 5.65 Å². The summed E-state index contributed by atoms with van der Waals surface area (Å²) in [6, 6.07) is 2.00. The van der Waals surface area contributed by atoms with Crippen LogP contribution in [0.15, 0.2) is 12.3 Å². The van der Waals surface area contributed by atoms with Crippen molar-refractivity contribution < 1.29 is 0 Å². The lowest BCUT2D eigenvalue weighted by Gasteiger charge is -2.02. The SMILES string of the molecule is CCCn1c(N)nc2cc(C)cnc21. The van der Waals surface area contributed by atoms with Crippen LogP contribution in [0, 0.1) is 6.92 Å². The van der Waals surface area contributed by atoms with Crippen LogP contribution in [0.1, 0.15) is 18.9 Å². The number of pyridine rings is 1. The topological polar surface area (TPSA) is 56.7 Å². The summed E-state index contributed by atoms with van der Waals surface area (Å²) in [5.74, 6) is 0.556. The Morgan fingerprint density at radius 1 is 1.50 bits per heavy atom. The zero-order chi connectivity index (χ0) is 10.1. The highest BCUT2D eigenvalue weighted by Gasteiger charge is 2.07. The monoisotopic (exact) mass is 190 g/mol. The molecule has 74 valence electrons. The van der Waals surface area contributed by atoms with Gasteiger partial charge < -0.3 is 5.73 Å². The zero-order valence-corrected chi connectivity index (χ0v) is 8.49. The Labute approximate surface area is 82.8 Å². The second kappa shape index (κ2) is 3.29. The highest BCUT2D eigenvalue weighted by molar-refractivity contribution is 5.74. The van der Waals surface area contributed by atoms with Crippen LogP contribution >= 0.6 is 0 Å². The molecule has 0 bridgehead atoms. The van der Waals surface area contributed by atoms with E-state index in [1.54, 1.807) is 0 Å². The maximum Gasteiger partial charge on any atom is 0.202 e. The summed E-state index contributed by atoms with van der Waals surface area (Å²) in [4.78, 5) is 8.61. The molecule has 0 fully saturated rings. The van der Waals surface area contributed by atoms with Crippen molar-refractivity contribution in [3.05, 3.63) is 17.8 Å². The number of aryl methyl sites for hydroxylation is 2. The minimum Gasteiger partial charge on any atom is -0.369 e. The van der Waals surface area contributed by atoms with Gasteiger partial charge in [0, 0.05) is 12.7 Å². The van der Waals surface area contributed by atoms with Crippen LogP contribution in [0.4, 0.5) is 5.95 Å². The quantitative estimate of drug-likeness (QED) is 0.784. The van der Waals surface area contributed by atoms with Crippen molar-refractivity contribution in [2.75, 3.05) is 5.73 Å². The number of nitrogen functional groups attached to an aromatic ring is 1. The molecule has 0 aliphatic carbocycles. The minimum atomic E-state index is 0.556. The Morgan fingerprint density at radius 3 is 3.00 bits per heavy atom. The molecular weight excluding hydrogens is 176 g/mol. The van der Waals surface area contributed by atoms with Crippen LogP contribution in [0.5, 0.6) is 0 Å². The molecular formula is C10H14N4. The standard InChI is InChI=1S/C10H14N4/c1-3-4-14-9-8(13-10(14)11)5-7(2)6-12-9/h5-6H,3-4H2,1-2H3,(H2,11,13). The molecule has 2 aromatic heterocycles. The van der Waals surface area contributed by atoms with Crippen molar-refractivity contribution in [3.63, 3.8) is 0 Å². The van der Waals surface area contributed by atoms with Gasteiger partial charge in [0.1, 0.15) is 5.52 Å². The smallest absolute Gasteiger partial charge is 0.202 e. The van der Waals surface area contributed by atoms with Crippen LogP contribution in [0.25, 0.3) is 11.2 Å². The average Bonchev–Trinajstić information content (AvgIpc) is 2.43.